The van der Waals surface area contributed by atoms with Gasteiger partial charge in [0.2, 0.25) is 0 Å². The molecule has 98 valence electrons. The average molecular weight is 256 g/mol. The Morgan fingerprint density at radius 2 is 1.79 bits per heavy atom. The van der Waals surface area contributed by atoms with E-state index >= 15 is 0 Å². The second-order valence-corrected chi connectivity index (χ2v) is 4.72. The van der Waals surface area contributed by atoms with Gasteiger partial charge in [-0.15, -0.1) is 0 Å². The number of carbonyl (C=O) groups is 2. The second-order valence-electron chi connectivity index (χ2n) is 4.72. The number of ketones is 1. The summed E-state index contributed by atoms with van der Waals surface area (Å²) in [7, 11) is 0. The number of carboxylic acids is 1. The molecule has 0 aromatic heterocycles. The molecule has 0 aliphatic carbocycles. The first-order valence-corrected chi connectivity index (χ1v) is 6.29. The lowest BCUT2D eigenvalue weighted by Crippen LogP contribution is -2.22. The molecule has 0 aliphatic heterocycles. The number of carboxylic acid groups (broad SMARTS) is 1. The van der Waals surface area contributed by atoms with Crippen molar-refractivity contribution >= 4 is 22.5 Å². The molecule has 2 aromatic rings. The van der Waals surface area contributed by atoms with Crippen molar-refractivity contribution in [2.24, 2.45) is 5.92 Å². The van der Waals surface area contributed by atoms with Crippen LogP contribution in [0.2, 0.25) is 0 Å². The lowest BCUT2D eigenvalue weighted by molar-refractivity contribution is -0.145. The summed E-state index contributed by atoms with van der Waals surface area (Å²) in [5.41, 5.74) is 1.06. The van der Waals surface area contributed by atoms with Gasteiger partial charge in [-0.2, -0.15) is 0 Å². The summed E-state index contributed by atoms with van der Waals surface area (Å²) < 4.78 is 0. The molecule has 1 N–H and O–H groups in total. The Morgan fingerprint density at radius 3 is 2.42 bits per heavy atom. The van der Waals surface area contributed by atoms with Crippen LogP contribution in [0, 0.1) is 5.92 Å². The van der Waals surface area contributed by atoms with Gasteiger partial charge < -0.3 is 5.11 Å². The molecule has 0 heterocycles. The van der Waals surface area contributed by atoms with Gasteiger partial charge in [0.05, 0.1) is 0 Å². The van der Waals surface area contributed by atoms with Gasteiger partial charge in [0, 0.05) is 0 Å². The van der Waals surface area contributed by atoms with Crippen molar-refractivity contribution in [2.45, 2.75) is 19.8 Å². The summed E-state index contributed by atoms with van der Waals surface area (Å²) in [6, 6.07) is 14.1. The highest BCUT2D eigenvalue weighted by Gasteiger charge is 2.21. The van der Waals surface area contributed by atoms with Gasteiger partial charge in [0.1, 0.15) is 11.7 Å². The van der Waals surface area contributed by atoms with Gasteiger partial charge in [-0.25, -0.2) is 0 Å². The van der Waals surface area contributed by atoms with E-state index in [2.05, 4.69) is 0 Å². The molecule has 0 saturated heterocycles. The predicted molar refractivity (Wildman–Crippen MR) is 74.1 cm³/mol. The second kappa shape index (κ2) is 5.65. The SMILES string of the molecule is CC(=O)C(CCc1ccc2ccccc2c1)C(=O)O. The third-order valence-electron chi connectivity index (χ3n) is 3.32. The van der Waals surface area contributed by atoms with Crippen LogP contribution < -0.4 is 0 Å². The summed E-state index contributed by atoms with van der Waals surface area (Å²) in [5.74, 6) is -2.21. The minimum absolute atomic E-state index is 0.284. The number of aryl methyl sites for hydroxylation is 1. The van der Waals surface area contributed by atoms with Crippen LogP contribution in [0.5, 0.6) is 0 Å². The molecule has 0 fully saturated rings. The van der Waals surface area contributed by atoms with Crippen LogP contribution in [0.3, 0.4) is 0 Å². The van der Waals surface area contributed by atoms with E-state index in [9.17, 15) is 9.59 Å². The number of aliphatic carboxylic acids is 1. The quantitative estimate of drug-likeness (QED) is 0.836. The monoisotopic (exact) mass is 256 g/mol. The van der Waals surface area contributed by atoms with Crippen molar-refractivity contribution in [1.82, 2.24) is 0 Å². The van der Waals surface area contributed by atoms with Crippen LogP contribution >= 0.6 is 0 Å². The summed E-state index contributed by atoms with van der Waals surface area (Å²) in [6.45, 7) is 1.33. The highest BCUT2D eigenvalue weighted by Crippen LogP contribution is 2.18. The first kappa shape index (κ1) is 13.3. The van der Waals surface area contributed by atoms with Crippen LogP contribution in [0.15, 0.2) is 42.5 Å². The molecule has 0 radical (unpaired) electrons. The molecular weight excluding hydrogens is 240 g/mol. The molecule has 2 rings (SSSR count). The summed E-state index contributed by atoms with van der Waals surface area (Å²) in [6.07, 6.45) is 0.949. The van der Waals surface area contributed by atoms with E-state index < -0.39 is 11.9 Å². The number of carbonyl (C=O) groups excluding carboxylic acids is 1. The van der Waals surface area contributed by atoms with Gasteiger partial charge in [0.15, 0.2) is 0 Å². The maximum atomic E-state index is 11.2. The van der Waals surface area contributed by atoms with Crippen molar-refractivity contribution in [3.05, 3.63) is 48.0 Å². The molecule has 19 heavy (non-hydrogen) atoms. The Hall–Kier alpha value is -2.16. The lowest BCUT2D eigenvalue weighted by Gasteiger charge is -2.09. The summed E-state index contributed by atoms with van der Waals surface area (Å²) in [4.78, 5) is 22.2. The van der Waals surface area contributed by atoms with Crippen LogP contribution in [-0.2, 0) is 16.0 Å². The highest BCUT2D eigenvalue weighted by atomic mass is 16.4. The smallest absolute Gasteiger partial charge is 0.314 e. The Kier molecular flexibility index (Phi) is 3.95. The van der Waals surface area contributed by atoms with Crippen LogP contribution in [0.25, 0.3) is 10.8 Å². The molecule has 3 nitrogen and oxygen atoms in total. The normalized spacial score (nSPS) is 12.3. The minimum Gasteiger partial charge on any atom is -0.481 e. The van der Waals surface area contributed by atoms with E-state index in [0.29, 0.717) is 12.8 Å². The van der Waals surface area contributed by atoms with Crippen LogP contribution in [0.4, 0.5) is 0 Å². The fourth-order valence-electron chi connectivity index (χ4n) is 2.21. The van der Waals surface area contributed by atoms with E-state index in [4.69, 9.17) is 5.11 Å². The molecule has 0 spiro atoms. The fraction of sp³-hybridized carbons (Fsp3) is 0.250. The highest BCUT2D eigenvalue weighted by molar-refractivity contribution is 5.96. The average Bonchev–Trinajstić information content (AvgIpc) is 2.38. The molecule has 0 aliphatic rings. The van der Waals surface area contributed by atoms with E-state index in [0.717, 1.165) is 16.3 Å². The number of fused-ring (bicyclic) bond motifs is 1. The van der Waals surface area contributed by atoms with Crippen molar-refractivity contribution in [2.75, 3.05) is 0 Å². The first-order chi connectivity index (χ1) is 9.08. The molecule has 0 bridgehead atoms. The molecule has 3 heteroatoms. The Bertz CT molecular complexity index is 602. The van der Waals surface area contributed by atoms with Gasteiger partial charge in [0.25, 0.3) is 0 Å². The molecule has 0 saturated carbocycles. The third-order valence-corrected chi connectivity index (χ3v) is 3.32. The topological polar surface area (TPSA) is 54.4 Å². The molecular formula is C16H16O3. The van der Waals surface area contributed by atoms with E-state index in [1.807, 2.05) is 42.5 Å². The summed E-state index contributed by atoms with van der Waals surface area (Å²) in [5, 5.41) is 11.3. The molecule has 0 amide bonds. The van der Waals surface area contributed by atoms with Crippen molar-refractivity contribution < 1.29 is 14.7 Å². The van der Waals surface area contributed by atoms with Crippen LogP contribution in [0.1, 0.15) is 18.9 Å². The molecule has 2 aromatic carbocycles. The number of hydrogen-bond donors (Lipinski definition) is 1. The Balaban J connectivity index is 2.13. The van der Waals surface area contributed by atoms with E-state index in [-0.39, 0.29) is 5.78 Å². The van der Waals surface area contributed by atoms with Crippen molar-refractivity contribution in [1.29, 1.82) is 0 Å². The zero-order valence-corrected chi connectivity index (χ0v) is 10.8. The zero-order chi connectivity index (χ0) is 13.8. The third kappa shape index (κ3) is 3.19. The van der Waals surface area contributed by atoms with Gasteiger partial charge in [-0.3, -0.25) is 9.59 Å². The minimum atomic E-state index is -1.03. The lowest BCUT2D eigenvalue weighted by atomic mass is 9.95. The molecule has 1 unspecified atom stereocenters. The largest absolute Gasteiger partial charge is 0.481 e. The van der Waals surface area contributed by atoms with Crippen molar-refractivity contribution in [3.8, 4) is 0 Å². The Morgan fingerprint density at radius 1 is 1.11 bits per heavy atom. The van der Waals surface area contributed by atoms with Gasteiger partial charge in [-0.05, 0) is 36.1 Å². The number of benzene rings is 2. The zero-order valence-electron chi connectivity index (χ0n) is 10.8. The number of Topliss-reactive ketones (excluding diaryl/α,β-unsaturated/α-hetero) is 1. The molecule has 1 atom stereocenters. The number of rotatable bonds is 5. The first-order valence-electron chi connectivity index (χ1n) is 6.29. The standard InChI is InChI=1S/C16H16O3/c1-11(17)15(16(18)19)9-7-12-6-8-13-4-2-3-5-14(13)10-12/h2-6,8,10,15H,7,9H2,1H3,(H,18,19). The van der Waals surface area contributed by atoms with Gasteiger partial charge >= 0.3 is 5.97 Å². The van der Waals surface area contributed by atoms with Crippen LogP contribution in [-0.4, -0.2) is 16.9 Å². The van der Waals surface area contributed by atoms with Crippen molar-refractivity contribution in [3.63, 3.8) is 0 Å². The maximum absolute atomic E-state index is 11.2. The Labute approximate surface area is 111 Å². The number of hydrogen-bond acceptors (Lipinski definition) is 2. The summed E-state index contributed by atoms with van der Waals surface area (Å²) >= 11 is 0. The van der Waals surface area contributed by atoms with Gasteiger partial charge in [-0.1, -0.05) is 42.5 Å². The maximum Gasteiger partial charge on any atom is 0.314 e. The van der Waals surface area contributed by atoms with E-state index in [1.54, 1.807) is 0 Å². The predicted octanol–water partition coefficient (Wildman–Crippen LogP) is 3.06. The van der Waals surface area contributed by atoms with E-state index in [1.165, 1.54) is 6.92 Å². The fourth-order valence-corrected chi connectivity index (χ4v) is 2.21.